The number of aliphatic carboxylic acids is 1. The molecular weight excluding hydrogens is 366 g/mol. The number of alkyl halides is 2. The first-order valence-corrected chi connectivity index (χ1v) is 7.27. The summed E-state index contributed by atoms with van der Waals surface area (Å²) < 4.78 is 10.1. The largest absolute Gasteiger partial charge is 0.480 e. The van der Waals surface area contributed by atoms with Crippen LogP contribution in [0.25, 0.3) is 0 Å². The number of amides is 1. The second-order valence-electron chi connectivity index (χ2n) is 4.33. The third-order valence-electron chi connectivity index (χ3n) is 2.97. The Balaban J connectivity index is 2.50. The molecule has 2 aliphatic rings. The summed E-state index contributed by atoms with van der Waals surface area (Å²) in [6.07, 6.45) is 0. The van der Waals surface area contributed by atoms with Gasteiger partial charge < -0.3 is 10.0 Å². The van der Waals surface area contributed by atoms with E-state index in [0.29, 0.717) is 0 Å². The van der Waals surface area contributed by atoms with Gasteiger partial charge in [0.2, 0.25) is 0 Å². The van der Waals surface area contributed by atoms with Crippen molar-refractivity contribution in [2.45, 2.75) is 33.2 Å². The Morgan fingerprint density at radius 3 is 2.44 bits per heavy atom. The van der Waals surface area contributed by atoms with Crippen LogP contribution < -0.4 is 0 Å². The fourth-order valence-electron chi connectivity index (χ4n) is 2.13. The van der Waals surface area contributed by atoms with Gasteiger partial charge in [0.25, 0.3) is 5.91 Å². The Morgan fingerprint density at radius 1 is 1.50 bits per heavy atom. The molecule has 1 N–H and O–H groups in total. The molecule has 2 unspecified atom stereocenters. The lowest BCUT2D eigenvalue weighted by Gasteiger charge is -2.45. The third kappa shape index (κ3) is 1.23. The van der Waals surface area contributed by atoms with Crippen molar-refractivity contribution in [2.24, 2.45) is 0 Å². The van der Waals surface area contributed by atoms with E-state index in [2.05, 4.69) is 31.9 Å². The van der Waals surface area contributed by atoms with Crippen LogP contribution in [0, 0.1) is 0 Å². The lowest BCUT2D eigenvalue weighted by atomic mass is 9.98. The van der Waals surface area contributed by atoms with Crippen LogP contribution in [-0.2, 0) is 20.4 Å². The molecule has 3 atom stereocenters. The summed E-state index contributed by atoms with van der Waals surface area (Å²) in [6, 6.07) is -1.03. The summed E-state index contributed by atoms with van der Waals surface area (Å²) in [5, 5.41) is 8.49. The van der Waals surface area contributed by atoms with Crippen LogP contribution in [0.2, 0.25) is 0 Å². The summed E-state index contributed by atoms with van der Waals surface area (Å²) in [4.78, 5) is 24.1. The van der Waals surface area contributed by atoms with Crippen LogP contribution in [0.1, 0.15) is 13.8 Å². The molecule has 8 heteroatoms. The van der Waals surface area contributed by atoms with Crippen molar-refractivity contribution >= 4 is 54.5 Å². The van der Waals surface area contributed by atoms with E-state index in [1.807, 2.05) is 0 Å². The summed E-state index contributed by atoms with van der Waals surface area (Å²) in [5.74, 6) is -1.51. The second-order valence-corrected chi connectivity index (χ2v) is 9.99. The van der Waals surface area contributed by atoms with Gasteiger partial charge in [0.05, 0.1) is 15.5 Å². The van der Waals surface area contributed by atoms with Gasteiger partial charge in [-0.15, -0.1) is 0 Å². The zero-order valence-electron chi connectivity index (χ0n) is 8.44. The molecule has 5 nitrogen and oxygen atoms in total. The molecule has 2 aliphatic heterocycles. The van der Waals surface area contributed by atoms with Gasteiger partial charge in [0, 0.05) is 0 Å². The zero-order chi connectivity index (χ0) is 12.5. The molecule has 2 fully saturated rings. The standard InChI is InChI=1S/C8H9Br2NO4S/c1-7(2)3(4(12)13)11-5(14)8(9,10)6(11)16(7)15/h3,6H,1-2H3,(H,12,13)/t3-,6?,16?/m0/s1. The molecule has 0 aliphatic carbocycles. The lowest BCUT2D eigenvalue weighted by molar-refractivity contribution is -0.157. The highest BCUT2D eigenvalue weighted by molar-refractivity contribution is 9.26. The van der Waals surface area contributed by atoms with Crippen LogP contribution in [0.4, 0.5) is 0 Å². The number of nitrogens with zero attached hydrogens (tertiary/aromatic N) is 1. The quantitative estimate of drug-likeness (QED) is 0.539. The molecular formula is C8H9Br2NO4S. The lowest BCUT2D eigenvalue weighted by Crippen LogP contribution is -2.69. The van der Waals surface area contributed by atoms with Crippen molar-refractivity contribution in [3.63, 3.8) is 0 Å². The number of hydrogen-bond acceptors (Lipinski definition) is 3. The molecule has 0 saturated carbocycles. The van der Waals surface area contributed by atoms with Crippen LogP contribution in [-0.4, -0.2) is 45.5 Å². The minimum absolute atomic E-state index is 0.385. The van der Waals surface area contributed by atoms with E-state index < -0.39 is 36.2 Å². The normalized spacial score (nSPS) is 39.1. The first-order chi connectivity index (χ1) is 7.13. The minimum atomic E-state index is -1.43. The van der Waals surface area contributed by atoms with Gasteiger partial charge in [-0.05, 0) is 13.8 Å². The predicted molar refractivity (Wildman–Crippen MR) is 64.9 cm³/mol. The Labute approximate surface area is 111 Å². The van der Waals surface area contributed by atoms with Gasteiger partial charge in [-0.2, -0.15) is 0 Å². The maximum absolute atomic E-state index is 12.2. The maximum atomic E-state index is 12.2. The van der Waals surface area contributed by atoms with Crippen LogP contribution in [0.5, 0.6) is 0 Å². The van der Waals surface area contributed by atoms with Crippen LogP contribution in [0.15, 0.2) is 0 Å². The van der Waals surface area contributed by atoms with Crippen molar-refractivity contribution in [3.8, 4) is 0 Å². The topological polar surface area (TPSA) is 74.7 Å². The number of rotatable bonds is 1. The maximum Gasteiger partial charge on any atom is 0.328 e. The molecule has 2 heterocycles. The fourth-order valence-corrected chi connectivity index (χ4v) is 5.80. The Hall–Kier alpha value is 0.0500. The molecule has 0 aromatic heterocycles. The number of fused-ring (bicyclic) bond motifs is 1. The fraction of sp³-hybridized carbons (Fsp3) is 0.750. The molecule has 0 spiro atoms. The summed E-state index contributed by atoms with van der Waals surface area (Å²) >= 11 is 6.29. The SMILES string of the molecule is CC1(C)[C@H](C(=O)O)N2C(=O)C(Br)(Br)C2S1=O. The number of carboxylic acid groups (broad SMARTS) is 1. The van der Waals surface area contributed by atoms with Gasteiger partial charge in [-0.1, -0.05) is 31.9 Å². The number of carbonyl (C=O) groups excluding carboxylic acids is 1. The molecule has 90 valence electrons. The summed E-state index contributed by atoms with van der Waals surface area (Å²) in [6.45, 7) is 3.20. The van der Waals surface area contributed by atoms with Crippen LogP contribution in [0.3, 0.4) is 0 Å². The highest BCUT2D eigenvalue weighted by atomic mass is 79.9. The van der Waals surface area contributed by atoms with Crippen LogP contribution >= 0.6 is 31.9 Å². The van der Waals surface area contributed by atoms with Gasteiger partial charge in [-0.25, -0.2) is 4.79 Å². The predicted octanol–water partition coefficient (Wildman–Crippen LogP) is 0.635. The molecule has 2 rings (SSSR count). The first-order valence-electron chi connectivity index (χ1n) is 4.47. The second kappa shape index (κ2) is 3.29. The average Bonchev–Trinajstić information content (AvgIpc) is 2.33. The van der Waals surface area contributed by atoms with E-state index in [1.165, 1.54) is 4.90 Å². The van der Waals surface area contributed by atoms with Crippen molar-refractivity contribution < 1.29 is 18.9 Å². The van der Waals surface area contributed by atoms with Gasteiger partial charge in [-0.3, -0.25) is 9.00 Å². The summed E-state index contributed by atoms with van der Waals surface area (Å²) in [5.41, 5.74) is 0. The van der Waals surface area contributed by atoms with Gasteiger partial charge in [0.15, 0.2) is 3.23 Å². The van der Waals surface area contributed by atoms with E-state index in [0.717, 1.165) is 0 Å². The van der Waals surface area contributed by atoms with E-state index in [-0.39, 0.29) is 5.91 Å². The number of carbonyl (C=O) groups is 2. The first kappa shape index (κ1) is 12.5. The van der Waals surface area contributed by atoms with Gasteiger partial charge in [0.1, 0.15) is 11.4 Å². The van der Waals surface area contributed by atoms with E-state index in [1.54, 1.807) is 13.8 Å². The number of halogens is 2. The average molecular weight is 375 g/mol. The van der Waals surface area contributed by atoms with Crippen molar-refractivity contribution in [1.29, 1.82) is 0 Å². The highest BCUT2D eigenvalue weighted by Crippen LogP contribution is 2.54. The number of hydrogen-bond donors (Lipinski definition) is 1. The zero-order valence-corrected chi connectivity index (χ0v) is 12.4. The van der Waals surface area contributed by atoms with Crippen molar-refractivity contribution in [3.05, 3.63) is 0 Å². The van der Waals surface area contributed by atoms with E-state index >= 15 is 0 Å². The summed E-state index contributed by atoms with van der Waals surface area (Å²) in [7, 11) is -1.43. The third-order valence-corrected chi connectivity index (χ3v) is 7.37. The number of carboxylic acids is 1. The number of β-lactam (4-membered cyclic amide) rings is 1. The molecule has 16 heavy (non-hydrogen) atoms. The molecule has 0 radical (unpaired) electrons. The molecule has 0 aromatic rings. The molecule has 0 aromatic carbocycles. The molecule has 0 bridgehead atoms. The Morgan fingerprint density at radius 2 is 2.00 bits per heavy atom. The van der Waals surface area contributed by atoms with Gasteiger partial charge >= 0.3 is 5.97 Å². The Bertz CT molecular complexity index is 422. The minimum Gasteiger partial charge on any atom is -0.480 e. The highest BCUT2D eigenvalue weighted by Gasteiger charge is 2.73. The van der Waals surface area contributed by atoms with E-state index in [9.17, 15) is 13.8 Å². The van der Waals surface area contributed by atoms with Crippen molar-refractivity contribution in [2.75, 3.05) is 0 Å². The smallest absolute Gasteiger partial charge is 0.328 e. The monoisotopic (exact) mass is 373 g/mol. The molecule has 2 saturated heterocycles. The Kier molecular flexibility index (Phi) is 2.57. The van der Waals surface area contributed by atoms with Crippen molar-refractivity contribution in [1.82, 2.24) is 4.90 Å². The molecule has 1 amide bonds. The van der Waals surface area contributed by atoms with E-state index in [4.69, 9.17) is 5.11 Å².